The second kappa shape index (κ2) is 7.39. The molecule has 1 aromatic heterocycles. The second-order valence-corrected chi connectivity index (χ2v) is 5.02. The van der Waals surface area contributed by atoms with E-state index in [2.05, 4.69) is 36.8 Å². The summed E-state index contributed by atoms with van der Waals surface area (Å²) in [5.74, 6) is -0.714. The van der Waals surface area contributed by atoms with Gasteiger partial charge in [0.1, 0.15) is 0 Å². The van der Waals surface area contributed by atoms with Gasteiger partial charge in [-0.25, -0.2) is 5.43 Å². The first-order chi connectivity index (χ1) is 10.1. The van der Waals surface area contributed by atoms with E-state index in [1.807, 2.05) is 12.1 Å². The number of aromatic amines is 1. The van der Waals surface area contributed by atoms with Crippen molar-refractivity contribution in [1.82, 2.24) is 15.7 Å². The van der Waals surface area contributed by atoms with E-state index in [0.29, 0.717) is 5.56 Å². The number of hydrogen-bond donors (Lipinski definition) is 3. The van der Waals surface area contributed by atoms with Gasteiger partial charge in [-0.05, 0) is 36.4 Å². The zero-order valence-electron chi connectivity index (χ0n) is 11.0. The minimum absolute atomic E-state index is 0.142. The van der Waals surface area contributed by atoms with Crippen molar-refractivity contribution in [3.63, 3.8) is 0 Å². The van der Waals surface area contributed by atoms with Gasteiger partial charge < -0.3 is 10.3 Å². The van der Waals surface area contributed by atoms with Crippen molar-refractivity contribution in [2.75, 3.05) is 6.54 Å². The third-order valence-electron chi connectivity index (χ3n) is 2.53. The van der Waals surface area contributed by atoms with Crippen LogP contribution in [0, 0.1) is 0 Å². The van der Waals surface area contributed by atoms with Gasteiger partial charge in [0.25, 0.3) is 11.8 Å². The summed E-state index contributed by atoms with van der Waals surface area (Å²) < 4.78 is 0.885. The highest BCUT2D eigenvalue weighted by molar-refractivity contribution is 9.10. The van der Waals surface area contributed by atoms with Crippen LogP contribution in [0.4, 0.5) is 0 Å². The van der Waals surface area contributed by atoms with E-state index in [-0.39, 0.29) is 12.5 Å². The van der Waals surface area contributed by atoms with Gasteiger partial charge in [-0.1, -0.05) is 15.9 Å². The molecule has 6 nitrogen and oxygen atoms in total. The molecule has 0 unspecified atom stereocenters. The van der Waals surface area contributed by atoms with Crippen molar-refractivity contribution >= 4 is 34.0 Å². The van der Waals surface area contributed by atoms with Crippen LogP contribution < -0.4 is 10.7 Å². The molecule has 0 radical (unpaired) electrons. The van der Waals surface area contributed by atoms with Crippen LogP contribution in [0.2, 0.25) is 0 Å². The molecule has 2 rings (SSSR count). The molecule has 21 heavy (non-hydrogen) atoms. The third-order valence-corrected chi connectivity index (χ3v) is 3.06. The smallest absolute Gasteiger partial charge is 0.259 e. The number of nitrogens with one attached hydrogen (secondary N) is 3. The van der Waals surface area contributed by atoms with Gasteiger partial charge in [-0.15, -0.1) is 0 Å². The van der Waals surface area contributed by atoms with Crippen molar-refractivity contribution in [1.29, 1.82) is 0 Å². The maximum Gasteiger partial charge on any atom is 0.259 e. The first-order valence-corrected chi connectivity index (χ1v) is 6.93. The van der Waals surface area contributed by atoms with Crippen LogP contribution >= 0.6 is 15.9 Å². The highest BCUT2D eigenvalue weighted by Crippen LogP contribution is 2.10. The average molecular weight is 349 g/mol. The van der Waals surface area contributed by atoms with Crippen molar-refractivity contribution in [3.05, 3.63) is 58.3 Å². The number of hydrogen-bond acceptors (Lipinski definition) is 3. The normalized spacial score (nSPS) is 10.5. The average Bonchev–Trinajstić information content (AvgIpc) is 2.99. The predicted octanol–water partition coefficient (Wildman–Crippen LogP) is 1.66. The first kappa shape index (κ1) is 15.0. The van der Waals surface area contributed by atoms with E-state index in [4.69, 9.17) is 0 Å². The summed E-state index contributed by atoms with van der Waals surface area (Å²) in [6.07, 6.45) is 3.23. The molecule has 2 aromatic rings. The van der Waals surface area contributed by atoms with Crippen molar-refractivity contribution in [2.24, 2.45) is 5.10 Å². The Hall–Kier alpha value is -2.41. The Morgan fingerprint density at radius 1 is 1.24 bits per heavy atom. The molecule has 0 aliphatic heterocycles. The lowest BCUT2D eigenvalue weighted by Gasteiger charge is -2.04. The fourth-order valence-electron chi connectivity index (χ4n) is 1.50. The van der Waals surface area contributed by atoms with Gasteiger partial charge >= 0.3 is 0 Å². The van der Waals surface area contributed by atoms with Crippen LogP contribution in [0.25, 0.3) is 0 Å². The van der Waals surface area contributed by atoms with E-state index >= 15 is 0 Å². The number of benzene rings is 1. The van der Waals surface area contributed by atoms with E-state index in [1.165, 1.54) is 6.21 Å². The van der Waals surface area contributed by atoms with Gasteiger partial charge in [0.15, 0.2) is 0 Å². The molecule has 0 fully saturated rings. The van der Waals surface area contributed by atoms with Gasteiger partial charge in [0.05, 0.1) is 18.5 Å². The zero-order chi connectivity index (χ0) is 15.1. The van der Waals surface area contributed by atoms with Crippen LogP contribution in [0.3, 0.4) is 0 Å². The summed E-state index contributed by atoms with van der Waals surface area (Å²) in [5.41, 5.74) is 3.58. The van der Waals surface area contributed by atoms with Gasteiger partial charge in [-0.3, -0.25) is 9.59 Å². The number of amides is 2. The van der Waals surface area contributed by atoms with Crippen molar-refractivity contribution in [3.8, 4) is 0 Å². The maximum absolute atomic E-state index is 11.8. The topological polar surface area (TPSA) is 86.3 Å². The first-order valence-electron chi connectivity index (χ1n) is 6.14. The summed E-state index contributed by atoms with van der Waals surface area (Å²) in [4.78, 5) is 26.2. The number of hydrazone groups is 1. The summed E-state index contributed by atoms with van der Waals surface area (Å²) in [6.45, 7) is -0.142. The molecule has 2 amide bonds. The molecule has 0 aliphatic carbocycles. The highest BCUT2D eigenvalue weighted by Gasteiger charge is 2.07. The number of aromatic nitrogens is 1. The van der Waals surface area contributed by atoms with E-state index in [1.54, 1.807) is 30.5 Å². The Balaban J connectivity index is 1.76. The molecule has 1 heterocycles. The lowest BCUT2D eigenvalue weighted by Crippen LogP contribution is -2.34. The number of H-pyrrole nitrogens is 1. The number of rotatable bonds is 5. The number of nitrogens with zero attached hydrogens (tertiary/aromatic N) is 1. The molecule has 0 bridgehead atoms. The van der Waals surface area contributed by atoms with Crippen LogP contribution in [0.1, 0.15) is 16.1 Å². The third kappa shape index (κ3) is 4.88. The van der Waals surface area contributed by atoms with E-state index in [0.717, 1.165) is 10.2 Å². The number of carbonyl (C=O) groups is 2. The quantitative estimate of drug-likeness (QED) is 0.566. The highest BCUT2D eigenvalue weighted by atomic mass is 79.9. The monoisotopic (exact) mass is 348 g/mol. The minimum atomic E-state index is -0.400. The molecule has 0 aliphatic rings. The largest absolute Gasteiger partial charge is 0.360 e. The Bertz CT molecular complexity index is 636. The summed E-state index contributed by atoms with van der Waals surface area (Å²) >= 11 is 3.29. The standard InChI is InChI=1S/C14H13BrN4O2/c15-11-5-3-10(4-6-11)14(21)17-9-13(20)19-18-8-12-2-1-7-16-12/h1-8,16H,9H2,(H,17,21)(H,19,20)/b18-8+. The summed E-state index contributed by atoms with van der Waals surface area (Å²) in [7, 11) is 0. The molecule has 0 saturated carbocycles. The van der Waals surface area contributed by atoms with Crippen LogP contribution in [0.15, 0.2) is 52.2 Å². The predicted molar refractivity (Wildman–Crippen MR) is 83.0 cm³/mol. The molecular weight excluding hydrogens is 336 g/mol. The van der Waals surface area contributed by atoms with E-state index < -0.39 is 5.91 Å². The SMILES string of the molecule is O=C(CNC(=O)c1ccc(Br)cc1)N/N=C/c1ccc[nH]1. The molecule has 0 spiro atoms. The Labute approximate surface area is 129 Å². The fraction of sp³-hybridized carbons (Fsp3) is 0.0714. The molecule has 1 aromatic carbocycles. The number of halogens is 1. The summed E-state index contributed by atoms with van der Waals surface area (Å²) in [5, 5.41) is 6.28. The molecule has 7 heteroatoms. The lowest BCUT2D eigenvalue weighted by atomic mass is 10.2. The minimum Gasteiger partial charge on any atom is -0.360 e. The Kier molecular flexibility index (Phi) is 5.28. The van der Waals surface area contributed by atoms with Crippen LogP contribution in [-0.2, 0) is 4.79 Å². The zero-order valence-corrected chi connectivity index (χ0v) is 12.6. The molecule has 3 N–H and O–H groups in total. The lowest BCUT2D eigenvalue weighted by molar-refractivity contribution is -0.120. The molecular formula is C14H13BrN4O2. The van der Waals surface area contributed by atoms with Crippen molar-refractivity contribution < 1.29 is 9.59 Å². The molecule has 0 saturated heterocycles. The maximum atomic E-state index is 11.8. The Morgan fingerprint density at radius 2 is 2.00 bits per heavy atom. The fourth-order valence-corrected chi connectivity index (χ4v) is 1.77. The molecule has 0 atom stereocenters. The molecule has 108 valence electrons. The Morgan fingerprint density at radius 3 is 2.67 bits per heavy atom. The van der Waals surface area contributed by atoms with Crippen LogP contribution in [0.5, 0.6) is 0 Å². The van der Waals surface area contributed by atoms with Crippen molar-refractivity contribution in [2.45, 2.75) is 0 Å². The van der Waals surface area contributed by atoms with Gasteiger partial charge in [-0.2, -0.15) is 5.10 Å². The number of carbonyl (C=O) groups excluding carboxylic acids is 2. The van der Waals surface area contributed by atoms with E-state index in [9.17, 15) is 9.59 Å². The van der Waals surface area contributed by atoms with Gasteiger partial charge in [0.2, 0.25) is 0 Å². The van der Waals surface area contributed by atoms with Crippen LogP contribution in [-0.4, -0.2) is 29.6 Å². The second-order valence-electron chi connectivity index (χ2n) is 4.11. The van der Waals surface area contributed by atoms with Gasteiger partial charge in [0, 0.05) is 16.2 Å². The summed E-state index contributed by atoms with van der Waals surface area (Å²) in [6, 6.07) is 10.5.